The molecule has 5 nitrogen and oxygen atoms in total. The molecule has 0 aromatic carbocycles. The summed E-state index contributed by atoms with van der Waals surface area (Å²) in [5.74, 6) is -0.448. The molecule has 1 rings (SSSR count). The van der Waals surface area contributed by atoms with Gasteiger partial charge in [-0.2, -0.15) is 0 Å². The van der Waals surface area contributed by atoms with Crippen molar-refractivity contribution in [2.45, 2.75) is 37.4 Å². The third kappa shape index (κ3) is 1.70. The minimum absolute atomic E-state index is 0.448. The lowest BCUT2D eigenvalue weighted by molar-refractivity contribution is -0.160. The monoisotopic (exact) mass is 191 g/mol. The number of aliphatic hydroxyl groups is 4. The Balaban J connectivity index is 2.79. The van der Waals surface area contributed by atoms with Crippen LogP contribution in [0.25, 0.3) is 0 Å². The van der Waals surface area contributed by atoms with Gasteiger partial charge in [0.25, 0.3) is 0 Å². The molecule has 1 fully saturated rings. The summed E-state index contributed by atoms with van der Waals surface area (Å²) in [4.78, 5) is 0. The van der Waals surface area contributed by atoms with E-state index in [-0.39, 0.29) is 0 Å². The van der Waals surface area contributed by atoms with Crippen molar-refractivity contribution in [3.05, 3.63) is 0 Å². The van der Waals surface area contributed by atoms with E-state index in [9.17, 15) is 20.4 Å². The maximum atomic E-state index is 9.60. The van der Waals surface area contributed by atoms with Gasteiger partial charge in [-0.15, -0.1) is 0 Å². The Labute approximate surface area is 77.0 Å². The lowest BCUT2D eigenvalue weighted by Crippen LogP contribution is -2.64. The van der Waals surface area contributed by atoms with Gasteiger partial charge in [-0.05, 0) is 7.05 Å². The van der Waals surface area contributed by atoms with Crippen LogP contribution in [0.4, 0.5) is 0 Å². The molecule has 6 atom stereocenters. The van der Waals surface area contributed by atoms with Crippen molar-refractivity contribution in [1.29, 1.82) is 0 Å². The van der Waals surface area contributed by atoms with Crippen molar-refractivity contribution in [1.82, 2.24) is 5.32 Å². The fraction of sp³-hybridized carbons (Fsp3) is 1.00. The maximum absolute atomic E-state index is 9.60. The number of hydrogen-bond acceptors (Lipinski definition) is 5. The van der Waals surface area contributed by atoms with Gasteiger partial charge in [0.2, 0.25) is 0 Å². The largest absolute Gasteiger partial charge is 0.391 e. The summed E-state index contributed by atoms with van der Waals surface area (Å²) in [5.41, 5.74) is 0. The number of likely N-dealkylation sites (N-methyl/N-ethyl adjacent to an activating group) is 1. The number of nitrogens with one attached hydrogen (secondary N) is 1. The van der Waals surface area contributed by atoms with Gasteiger partial charge in [0, 0.05) is 5.92 Å². The van der Waals surface area contributed by atoms with E-state index < -0.39 is 36.4 Å². The first-order valence-corrected chi connectivity index (χ1v) is 4.40. The Morgan fingerprint density at radius 3 is 1.85 bits per heavy atom. The average Bonchev–Trinajstić information content (AvgIpc) is 2.13. The second-order valence-corrected chi connectivity index (χ2v) is 3.64. The Bertz CT molecular complexity index is 162. The fourth-order valence-electron chi connectivity index (χ4n) is 1.80. The van der Waals surface area contributed by atoms with Gasteiger partial charge in [-0.3, -0.25) is 0 Å². The molecular weight excluding hydrogens is 174 g/mol. The number of hydrogen-bond donors (Lipinski definition) is 5. The van der Waals surface area contributed by atoms with Gasteiger partial charge >= 0.3 is 0 Å². The highest BCUT2D eigenvalue weighted by Gasteiger charge is 2.45. The van der Waals surface area contributed by atoms with E-state index in [0.717, 1.165) is 0 Å². The summed E-state index contributed by atoms with van der Waals surface area (Å²) >= 11 is 0. The lowest BCUT2D eigenvalue weighted by atomic mass is 9.78. The molecule has 1 aliphatic rings. The van der Waals surface area contributed by atoms with Gasteiger partial charge in [0.1, 0.15) is 12.2 Å². The summed E-state index contributed by atoms with van der Waals surface area (Å²) in [6.07, 6.45) is -4.25. The second-order valence-electron chi connectivity index (χ2n) is 3.64. The Morgan fingerprint density at radius 2 is 1.38 bits per heavy atom. The standard InChI is InChI=1S/C8H17NO4/c1-3-5(10)4(9-2)7(12)8(13)6(3)11/h3-13H,1-2H3/t3-,4-,5-,6+,7+,8-/m1/s1. The van der Waals surface area contributed by atoms with E-state index in [4.69, 9.17) is 0 Å². The van der Waals surface area contributed by atoms with Crippen LogP contribution in [0.15, 0.2) is 0 Å². The minimum atomic E-state index is -1.20. The summed E-state index contributed by atoms with van der Waals surface area (Å²) in [6, 6.07) is -0.589. The van der Waals surface area contributed by atoms with Gasteiger partial charge in [-0.25, -0.2) is 0 Å². The molecular formula is C8H17NO4. The summed E-state index contributed by atoms with van der Waals surface area (Å²) in [5, 5.41) is 40.6. The molecule has 0 unspecified atom stereocenters. The SMILES string of the molecule is CN[C@@H]1[C@H](O)[C@@H](C)[C@H](O)[C@@H](O)[C@H]1O. The molecule has 0 saturated heterocycles. The van der Waals surface area contributed by atoms with Crippen LogP contribution < -0.4 is 5.32 Å². The molecule has 0 aromatic rings. The molecule has 0 spiro atoms. The number of rotatable bonds is 1. The molecule has 0 aliphatic heterocycles. The van der Waals surface area contributed by atoms with Gasteiger partial charge in [-0.1, -0.05) is 6.92 Å². The predicted molar refractivity (Wildman–Crippen MR) is 46.0 cm³/mol. The molecule has 0 bridgehead atoms. The van der Waals surface area contributed by atoms with Crippen LogP contribution in [0.5, 0.6) is 0 Å². The highest BCUT2D eigenvalue weighted by atomic mass is 16.4. The second kappa shape index (κ2) is 3.89. The Hall–Kier alpha value is -0.200. The van der Waals surface area contributed by atoms with E-state index in [0.29, 0.717) is 0 Å². The normalized spacial score (nSPS) is 52.2. The molecule has 0 heterocycles. The topological polar surface area (TPSA) is 93.0 Å². The molecule has 0 aromatic heterocycles. The Kier molecular flexibility index (Phi) is 3.26. The molecule has 5 heteroatoms. The van der Waals surface area contributed by atoms with Crippen LogP contribution in [0.2, 0.25) is 0 Å². The van der Waals surface area contributed by atoms with Gasteiger partial charge in [0.15, 0.2) is 0 Å². The van der Waals surface area contributed by atoms with E-state index in [1.807, 2.05) is 0 Å². The van der Waals surface area contributed by atoms with Crippen LogP contribution in [0.1, 0.15) is 6.92 Å². The number of aliphatic hydroxyl groups excluding tert-OH is 4. The van der Waals surface area contributed by atoms with Crippen molar-refractivity contribution >= 4 is 0 Å². The predicted octanol–water partition coefficient (Wildman–Crippen LogP) is -2.33. The lowest BCUT2D eigenvalue weighted by Gasteiger charge is -2.42. The van der Waals surface area contributed by atoms with Crippen molar-refractivity contribution in [2.75, 3.05) is 7.05 Å². The molecule has 1 aliphatic carbocycles. The van der Waals surface area contributed by atoms with Crippen LogP contribution in [0.3, 0.4) is 0 Å². The van der Waals surface area contributed by atoms with E-state index >= 15 is 0 Å². The fourth-order valence-corrected chi connectivity index (χ4v) is 1.80. The van der Waals surface area contributed by atoms with Crippen LogP contribution in [-0.4, -0.2) is 57.9 Å². The summed E-state index contributed by atoms with van der Waals surface area (Å²) in [7, 11) is 1.59. The van der Waals surface area contributed by atoms with Crippen LogP contribution >= 0.6 is 0 Å². The van der Waals surface area contributed by atoms with Crippen LogP contribution in [-0.2, 0) is 0 Å². The third-order valence-corrected chi connectivity index (χ3v) is 2.85. The Morgan fingerprint density at radius 1 is 0.846 bits per heavy atom. The van der Waals surface area contributed by atoms with E-state index in [1.54, 1.807) is 14.0 Å². The van der Waals surface area contributed by atoms with Crippen molar-refractivity contribution < 1.29 is 20.4 Å². The highest BCUT2D eigenvalue weighted by molar-refractivity contribution is 4.99. The third-order valence-electron chi connectivity index (χ3n) is 2.85. The molecule has 0 radical (unpaired) electrons. The molecule has 0 amide bonds. The average molecular weight is 191 g/mol. The molecule has 1 saturated carbocycles. The first kappa shape index (κ1) is 10.9. The van der Waals surface area contributed by atoms with Crippen molar-refractivity contribution in [3.8, 4) is 0 Å². The van der Waals surface area contributed by atoms with Crippen molar-refractivity contribution in [3.63, 3.8) is 0 Å². The van der Waals surface area contributed by atoms with Crippen molar-refractivity contribution in [2.24, 2.45) is 5.92 Å². The molecule has 13 heavy (non-hydrogen) atoms. The van der Waals surface area contributed by atoms with E-state index in [1.165, 1.54) is 0 Å². The molecule has 78 valence electrons. The first-order valence-electron chi connectivity index (χ1n) is 4.40. The van der Waals surface area contributed by atoms with Crippen LogP contribution in [0, 0.1) is 5.92 Å². The summed E-state index contributed by atoms with van der Waals surface area (Å²) in [6.45, 7) is 1.63. The zero-order valence-corrected chi connectivity index (χ0v) is 7.75. The quantitative estimate of drug-likeness (QED) is 0.320. The zero-order valence-electron chi connectivity index (χ0n) is 7.75. The minimum Gasteiger partial charge on any atom is -0.391 e. The van der Waals surface area contributed by atoms with Gasteiger partial charge in [0.05, 0.1) is 18.2 Å². The first-order chi connectivity index (χ1) is 6.00. The summed E-state index contributed by atoms with van der Waals surface area (Å²) < 4.78 is 0. The highest BCUT2D eigenvalue weighted by Crippen LogP contribution is 2.25. The smallest absolute Gasteiger partial charge is 0.108 e. The zero-order chi connectivity index (χ0) is 10.2. The molecule has 5 N–H and O–H groups in total. The van der Waals surface area contributed by atoms with Gasteiger partial charge < -0.3 is 25.7 Å². The maximum Gasteiger partial charge on any atom is 0.108 e. The van der Waals surface area contributed by atoms with E-state index in [2.05, 4.69) is 5.32 Å².